The van der Waals surface area contributed by atoms with Crippen molar-refractivity contribution in [1.82, 2.24) is 0 Å². The third-order valence-electron chi connectivity index (χ3n) is 3.05. The van der Waals surface area contributed by atoms with Crippen LogP contribution in [-0.4, -0.2) is 49.7 Å². The highest BCUT2D eigenvalue weighted by atomic mass is 16.5. The maximum Gasteiger partial charge on any atom is 0.343 e. The predicted molar refractivity (Wildman–Crippen MR) is 77.2 cm³/mol. The van der Waals surface area contributed by atoms with E-state index < -0.39 is 11.5 Å². The predicted octanol–water partition coefficient (Wildman–Crippen LogP) is 1.83. The lowest BCUT2D eigenvalue weighted by molar-refractivity contribution is -0.144. The van der Waals surface area contributed by atoms with Gasteiger partial charge in [0, 0.05) is 0 Å². The van der Waals surface area contributed by atoms with Gasteiger partial charge in [0.25, 0.3) is 0 Å². The molecule has 0 aliphatic carbocycles. The average molecular weight is 284 g/mol. The van der Waals surface area contributed by atoms with Crippen molar-refractivity contribution in [1.29, 1.82) is 0 Å². The van der Waals surface area contributed by atoms with Gasteiger partial charge in [-0.2, -0.15) is 0 Å². The number of methoxy groups -OCH3 is 1. The van der Waals surface area contributed by atoms with Crippen LogP contribution in [0.5, 0.6) is 0 Å². The van der Waals surface area contributed by atoms with Crippen LogP contribution in [-0.2, 0) is 19.0 Å². The molecule has 0 saturated carbocycles. The van der Waals surface area contributed by atoms with Crippen LogP contribution in [0.4, 0.5) is 0 Å². The Morgan fingerprint density at radius 1 is 1.30 bits per heavy atom. The Kier molecular flexibility index (Phi) is 5.53. The van der Waals surface area contributed by atoms with Crippen molar-refractivity contribution in [3.63, 3.8) is 0 Å². The molecule has 1 aliphatic heterocycles. The van der Waals surface area contributed by atoms with Gasteiger partial charge in [-0.05, 0) is 26.7 Å². The van der Waals surface area contributed by atoms with Crippen LogP contribution in [0.2, 0.25) is 0 Å². The van der Waals surface area contributed by atoms with E-state index in [1.165, 1.54) is 7.11 Å². The molecule has 1 rings (SSSR count). The number of carbonyl (C=O) groups excluding carboxylic acids is 1. The van der Waals surface area contributed by atoms with E-state index in [9.17, 15) is 4.79 Å². The molecule has 6 heteroatoms. The lowest BCUT2D eigenvalue weighted by Gasteiger charge is -2.32. The minimum absolute atomic E-state index is 0.193. The maximum atomic E-state index is 12.1. The fourth-order valence-corrected chi connectivity index (χ4v) is 1.99. The molecule has 0 amide bonds. The Labute approximate surface area is 120 Å². The highest BCUT2D eigenvalue weighted by Crippen LogP contribution is 2.26. The van der Waals surface area contributed by atoms with E-state index >= 15 is 0 Å². The van der Waals surface area contributed by atoms with Crippen LogP contribution < -0.4 is 0 Å². The summed E-state index contributed by atoms with van der Waals surface area (Å²) < 4.78 is 15.9. The molecule has 0 unspecified atom stereocenters. The number of nitrogens with zero attached hydrogens (tertiary/aromatic N) is 2. The van der Waals surface area contributed by atoms with E-state index in [4.69, 9.17) is 14.2 Å². The summed E-state index contributed by atoms with van der Waals surface area (Å²) in [5.74, 6) is 0.426. The summed E-state index contributed by atoms with van der Waals surface area (Å²) in [7, 11) is 1.32. The van der Waals surface area contributed by atoms with Gasteiger partial charge < -0.3 is 14.2 Å². The number of hydrogen-bond donors (Lipinski definition) is 0. The molecule has 20 heavy (non-hydrogen) atoms. The summed E-state index contributed by atoms with van der Waals surface area (Å²) in [5, 5.41) is 0. The van der Waals surface area contributed by atoms with Crippen molar-refractivity contribution in [3.05, 3.63) is 0 Å². The molecule has 0 aromatic rings. The number of ether oxygens (including phenoxy) is 3. The van der Waals surface area contributed by atoms with Crippen LogP contribution in [0.1, 0.15) is 34.6 Å². The molecule has 2 atom stereocenters. The second kappa shape index (κ2) is 6.72. The number of rotatable bonds is 4. The van der Waals surface area contributed by atoms with E-state index in [1.54, 1.807) is 6.92 Å². The number of carbonyl (C=O) groups is 1. The van der Waals surface area contributed by atoms with Crippen molar-refractivity contribution < 1.29 is 19.0 Å². The quantitative estimate of drug-likeness (QED) is 0.738. The zero-order valence-corrected chi connectivity index (χ0v) is 13.1. The molecule has 0 bridgehead atoms. The zero-order valence-electron chi connectivity index (χ0n) is 13.1. The summed E-state index contributed by atoms with van der Waals surface area (Å²) in [6, 6.07) is -0.241. The molecule has 0 aromatic carbocycles. The summed E-state index contributed by atoms with van der Waals surface area (Å²) in [5.41, 5.74) is -1.28. The Bertz CT molecular complexity index is 417. The van der Waals surface area contributed by atoms with Gasteiger partial charge in [0.15, 0.2) is 0 Å². The van der Waals surface area contributed by atoms with Crippen LogP contribution in [0.25, 0.3) is 0 Å². The highest BCUT2D eigenvalue weighted by molar-refractivity contribution is 6.11. The van der Waals surface area contributed by atoms with Gasteiger partial charge in [-0.3, -0.25) is 0 Å². The van der Waals surface area contributed by atoms with E-state index in [0.717, 1.165) is 0 Å². The molecule has 0 aromatic heterocycles. The molecular formula is C14H24N2O4. The normalized spacial score (nSPS) is 25.9. The lowest BCUT2D eigenvalue weighted by atomic mass is 9.97. The van der Waals surface area contributed by atoms with Crippen LogP contribution >= 0.6 is 0 Å². The van der Waals surface area contributed by atoms with Crippen LogP contribution in [0.3, 0.4) is 0 Å². The van der Waals surface area contributed by atoms with Crippen LogP contribution in [0, 0.1) is 5.92 Å². The molecule has 114 valence electrons. The second-order valence-corrected chi connectivity index (χ2v) is 5.00. The van der Waals surface area contributed by atoms with E-state index in [0.29, 0.717) is 19.1 Å². The fourth-order valence-electron chi connectivity index (χ4n) is 1.99. The molecule has 0 radical (unpaired) electrons. The molecule has 0 fully saturated rings. The largest absolute Gasteiger partial charge is 0.480 e. The third kappa shape index (κ3) is 3.11. The smallest absolute Gasteiger partial charge is 0.343 e. The number of aliphatic imine (C=N–C) groups is 2. The molecular weight excluding hydrogens is 260 g/mol. The Balaban J connectivity index is 3.26. The average Bonchev–Trinajstić information content (AvgIpc) is 2.40. The first-order chi connectivity index (χ1) is 9.40. The first-order valence-corrected chi connectivity index (χ1v) is 6.92. The van der Waals surface area contributed by atoms with Crippen molar-refractivity contribution in [2.45, 2.75) is 46.2 Å². The Morgan fingerprint density at radius 3 is 2.35 bits per heavy atom. The van der Waals surface area contributed by atoms with Crippen LogP contribution in [0.15, 0.2) is 9.98 Å². The molecule has 6 nitrogen and oxygen atoms in total. The summed E-state index contributed by atoms with van der Waals surface area (Å²) >= 11 is 0. The minimum Gasteiger partial charge on any atom is -0.480 e. The second-order valence-electron chi connectivity index (χ2n) is 5.00. The van der Waals surface area contributed by atoms with Gasteiger partial charge in [-0.25, -0.2) is 14.8 Å². The van der Waals surface area contributed by atoms with E-state index in [1.807, 2.05) is 27.7 Å². The van der Waals surface area contributed by atoms with Gasteiger partial charge in [0.05, 0.1) is 20.3 Å². The Morgan fingerprint density at radius 2 is 1.90 bits per heavy atom. The first kappa shape index (κ1) is 16.5. The maximum absolute atomic E-state index is 12.1. The molecule has 0 saturated heterocycles. The monoisotopic (exact) mass is 284 g/mol. The minimum atomic E-state index is -1.28. The third-order valence-corrected chi connectivity index (χ3v) is 3.05. The van der Waals surface area contributed by atoms with Gasteiger partial charge >= 0.3 is 5.97 Å². The first-order valence-electron chi connectivity index (χ1n) is 6.92. The number of hydrogen-bond acceptors (Lipinski definition) is 6. The molecule has 1 aliphatic rings. The SMILES string of the molecule is CCOC1=N[C@](C)(C(=O)OC)C(OCC)=N[C@H]1C(C)C. The topological polar surface area (TPSA) is 69.5 Å². The van der Waals surface area contributed by atoms with Crippen molar-refractivity contribution in [3.8, 4) is 0 Å². The summed E-state index contributed by atoms with van der Waals surface area (Å²) in [6.45, 7) is 10.3. The van der Waals surface area contributed by atoms with Gasteiger partial charge in [0.1, 0.15) is 6.04 Å². The highest BCUT2D eigenvalue weighted by Gasteiger charge is 2.47. The van der Waals surface area contributed by atoms with Gasteiger partial charge in [-0.1, -0.05) is 13.8 Å². The van der Waals surface area contributed by atoms with E-state index in [-0.39, 0.29) is 17.9 Å². The Hall–Kier alpha value is -1.59. The fraction of sp³-hybridized carbons (Fsp3) is 0.786. The standard InChI is InChI=1S/C14H24N2O4/c1-7-19-11-10(9(3)4)15-12(20-8-2)14(5,16-11)13(17)18-6/h9-10H,7-8H2,1-6H3/t10-,14-/m0/s1. The van der Waals surface area contributed by atoms with Crippen molar-refractivity contribution in [2.75, 3.05) is 20.3 Å². The van der Waals surface area contributed by atoms with Crippen molar-refractivity contribution in [2.24, 2.45) is 15.9 Å². The summed E-state index contributed by atoms with van der Waals surface area (Å²) in [6.07, 6.45) is 0. The van der Waals surface area contributed by atoms with Gasteiger partial charge in [0.2, 0.25) is 17.3 Å². The zero-order chi connectivity index (χ0) is 15.3. The number of esters is 1. The molecule has 1 heterocycles. The molecule has 0 N–H and O–H groups in total. The molecule has 0 spiro atoms. The van der Waals surface area contributed by atoms with Gasteiger partial charge in [-0.15, -0.1) is 0 Å². The van der Waals surface area contributed by atoms with Crippen molar-refractivity contribution >= 4 is 17.8 Å². The van der Waals surface area contributed by atoms with E-state index in [2.05, 4.69) is 9.98 Å². The lowest BCUT2D eigenvalue weighted by Crippen LogP contribution is -2.50. The summed E-state index contributed by atoms with van der Waals surface area (Å²) in [4.78, 5) is 21.0.